The molecule has 0 spiro atoms. The van der Waals surface area contributed by atoms with Crippen LogP contribution in [0.5, 0.6) is 0 Å². The van der Waals surface area contributed by atoms with Gasteiger partial charge < -0.3 is 0 Å². The van der Waals surface area contributed by atoms with Crippen molar-refractivity contribution >= 4 is 28.6 Å². The smallest absolute Gasteiger partial charge is 0.133 e. The lowest BCUT2D eigenvalue weighted by molar-refractivity contribution is 0.631. The van der Waals surface area contributed by atoms with E-state index in [0.717, 1.165) is 15.9 Å². The first kappa shape index (κ1) is 10.2. The number of hydrogen-bond acceptors (Lipinski definition) is 4. The first-order valence-electron chi connectivity index (χ1n) is 5.25. The molecule has 0 aliphatic carbocycles. The minimum atomic E-state index is 0.498. The Morgan fingerprint density at radius 1 is 1.24 bits per heavy atom. The molecular formula is C12H10N4S. The van der Waals surface area contributed by atoms with Gasteiger partial charge in [-0.15, -0.1) is 16.4 Å². The topological polar surface area (TPSA) is 43.1 Å². The summed E-state index contributed by atoms with van der Waals surface area (Å²) in [6, 6.07) is 11.9. The minimum Gasteiger partial charge on any atom is -0.268 e. The number of para-hydroxylation sites is 1. The Labute approximate surface area is 102 Å². The Morgan fingerprint density at radius 3 is 3.06 bits per heavy atom. The van der Waals surface area contributed by atoms with Crippen LogP contribution in [0.2, 0.25) is 0 Å². The number of hydrogen-bond donors (Lipinski definition) is 0. The van der Waals surface area contributed by atoms with E-state index in [1.54, 1.807) is 16.0 Å². The summed E-state index contributed by atoms with van der Waals surface area (Å²) in [5, 5.41) is 10.2. The van der Waals surface area contributed by atoms with Crippen LogP contribution in [0.25, 0.3) is 11.0 Å². The molecule has 0 aliphatic heterocycles. The fraction of sp³-hybridized carbons (Fsp3) is 0.0833. The average molecular weight is 242 g/mol. The normalized spacial score (nSPS) is 11.5. The summed E-state index contributed by atoms with van der Waals surface area (Å²) in [7, 11) is 0. The number of rotatable bonds is 3. The number of thiophene rings is 1. The van der Waals surface area contributed by atoms with Crippen molar-refractivity contribution in [2.45, 2.75) is 6.67 Å². The van der Waals surface area contributed by atoms with E-state index >= 15 is 0 Å². The Hall–Kier alpha value is -2.01. The molecule has 0 bridgehead atoms. The zero-order valence-electron chi connectivity index (χ0n) is 9.02. The molecule has 1 aromatic carbocycles. The molecule has 0 N–H and O–H groups in total. The Morgan fingerprint density at radius 2 is 2.18 bits per heavy atom. The van der Waals surface area contributed by atoms with Crippen molar-refractivity contribution in [2.24, 2.45) is 4.99 Å². The average Bonchev–Trinajstić information content (AvgIpc) is 2.99. The monoisotopic (exact) mass is 242 g/mol. The third-order valence-corrected chi connectivity index (χ3v) is 3.20. The fourth-order valence-electron chi connectivity index (χ4n) is 1.59. The van der Waals surface area contributed by atoms with Crippen molar-refractivity contribution in [3.8, 4) is 0 Å². The number of aromatic nitrogens is 3. The fourth-order valence-corrected chi connectivity index (χ4v) is 2.20. The van der Waals surface area contributed by atoms with Crippen LogP contribution in [0.15, 0.2) is 46.8 Å². The van der Waals surface area contributed by atoms with E-state index < -0.39 is 0 Å². The highest BCUT2D eigenvalue weighted by Gasteiger charge is 2.00. The zero-order chi connectivity index (χ0) is 11.5. The van der Waals surface area contributed by atoms with Gasteiger partial charge in [0.2, 0.25) is 0 Å². The van der Waals surface area contributed by atoms with Crippen LogP contribution < -0.4 is 0 Å². The molecule has 3 aromatic rings. The maximum atomic E-state index is 4.35. The third kappa shape index (κ3) is 2.09. The summed E-state index contributed by atoms with van der Waals surface area (Å²) in [5.74, 6) is 0. The van der Waals surface area contributed by atoms with Gasteiger partial charge in [0.15, 0.2) is 0 Å². The molecule has 0 saturated heterocycles. The predicted molar refractivity (Wildman–Crippen MR) is 69.4 cm³/mol. The summed E-state index contributed by atoms with van der Waals surface area (Å²) in [5.41, 5.74) is 1.91. The van der Waals surface area contributed by atoms with E-state index in [4.69, 9.17) is 0 Å². The van der Waals surface area contributed by atoms with E-state index in [0.29, 0.717) is 6.67 Å². The molecule has 84 valence electrons. The quantitative estimate of drug-likeness (QED) is 0.662. The Balaban J connectivity index is 1.81. The Bertz CT molecular complexity index is 639. The molecule has 4 nitrogen and oxygen atoms in total. The van der Waals surface area contributed by atoms with Crippen LogP contribution in [0.3, 0.4) is 0 Å². The predicted octanol–water partition coefficient (Wildman–Crippen LogP) is 2.57. The van der Waals surface area contributed by atoms with Gasteiger partial charge in [-0.25, -0.2) is 4.68 Å². The minimum absolute atomic E-state index is 0.498. The van der Waals surface area contributed by atoms with Crippen molar-refractivity contribution in [1.29, 1.82) is 0 Å². The van der Waals surface area contributed by atoms with Gasteiger partial charge in [-0.2, -0.15) is 0 Å². The number of benzene rings is 1. The van der Waals surface area contributed by atoms with Gasteiger partial charge in [-0.1, -0.05) is 23.4 Å². The highest BCUT2D eigenvalue weighted by molar-refractivity contribution is 7.11. The highest BCUT2D eigenvalue weighted by atomic mass is 32.1. The zero-order valence-corrected chi connectivity index (χ0v) is 9.84. The van der Waals surface area contributed by atoms with Crippen molar-refractivity contribution in [3.63, 3.8) is 0 Å². The second kappa shape index (κ2) is 4.47. The van der Waals surface area contributed by atoms with Gasteiger partial charge in [-0.3, -0.25) is 4.99 Å². The SMILES string of the molecule is C(=N\Cn1nnc2ccccc21)/c1cccs1. The van der Waals surface area contributed by atoms with Crippen LogP contribution in [0.1, 0.15) is 4.88 Å². The first-order valence-corrected chi connectivity index (χ1v) is 6.13. The van der Waals surface area contributed by atoms with E-state index in [9.17, 15) is 0 Å². The van der Waals surface area contributed by atoms with Gasteiger partial charge in [0.05, 0.1) is 5.52 Å². The maximum Gasteiger partial charge on any atom is 0.133 e. The second-order valence-corrected chi connectivity index (χ2v) is 4.53. The molecule has 0 atom stereocenters. The summed E-state index contributed by atoms with van der Waals surface area (Å²) < 4.78 is 1.79. The maximum absolute atomic E-state index is 4.35. The number of nitrogens with zero attached hydrogens (tertiary/aromatic N) is 4. The third-order valence-electron chi connectivity index (χ3n) is 2.40. The van der Waals surface area contributed by atoms with Gasteiger partial charge in [0.1, 0.15) is 12.2 Å². The summed E-state index contributed by atoms with van der Waals surface area (Å²) in [6.45, 7) is 0.498. The molecule has 3 rings (SSSR count). The van der Waals surface area contributed by atoms with Crippen molar-refractivity contribution in [1.82, 2.24) is 15.0 Å². The molecule has 0 fully saturated rings. The summed E-state index contributed by atoms with van der Waals surface area (Å²) in [6.07, 6.45) is 1.86. The summed E-state index contributed by atoms with van der Waals surface area (Å²) >= 11 is 1.67. The molecule has 0 amide bonds. The second-order valence-electron chi connectivity index (χ2n) is 3.55. The molecule has 0 aliphatic rings. The molecule has 17 heavy (non-hydrogen) atoms. The van der Waals surface area contributed by atoms with Gasteiger partial charge in [0.25, 0.3) is 0 Å². The largest absolute Gasteiger partial charge is 0.268 e. The lowest BCUT2D eigenvalue weighted by Gasteiger charge is -1.95. The van der Waals surface area contributed by atoms with E-state index in [1.165, 1.54) is 0 Å². The van der Waals surface area contributed by atoms with Crippen LogP contribution in [0, 0.1) is 0 Å². The lowest BCUT2D eigenvalue weighted by atomic mass is 10.3. The van der Waals surface area contributed by atoms with Crippen molar-refractivity contribution in [2.75, 3.05) is 0 Å². The van der Waals surface area contributed by atoms with E-state index in [1.807, 2.05) is 48.0 Å². The van der Waals surface area contributed by atoms with Crippen LogP contribution in [-0.2, 0) is 6.67 Å². The summed E-state index contributed by atoms with van der Waals surface area (Å²) in [4.78, 5) is 5.50. The molecule has 0 unspecified atom stereocenters. The van der Waals surface area contributed by atoms with Crippen molar-refractivity contribution < 1.29 is 0 Å². The van der Waals surface area contributed by atoms with E-state index in [-0.39, 0.29) is 0 Å². The molecule has 0 saturated carbocycles. The molecule has 2 aromatic heterocycles. The Kier molecular flexibility index (Phi) is 2.67. The number of fused-ring (bicyclic) bond motifs is 1. The highest BCUT2D eigenvalue weighted by Crippen LogP contribution is 2.10. The van der Waals surface area contributed by atoms with Crippen LogP contribution >= 0.6 is 11.3 Å². The van der Waals surface area contributed by atoms with Crippen LogP contribution in [-0.4, -0.2) is 21.2 Å². The van der Waals surface area contributed by atoms with Crippen LogP contribution in [0.4, 0.5) is 0 Å². The lowest BCUT2D eigenvalue weighted by Crippen LogP contribution is -1.97. The van der Waals surface area contributed by atoms with E-state index in [2.05, 4.69) is 15.3 Å². The number of aliphatic imine (C=N–C) groups is 1. The van der Waals surface area contributed by atoms with Gasteiger partial charge in [-0.05, 0) is 23.6 Å². The molecule has 5 heteroatoms. The van der Waals surface area contributed by atoms with Gasteiger partial charge >= 0.3 is 0 Å². The molecule has 0 radical (unpaired) electrons. The first-order chi connectivity index (χ1) is 8.43. The van der Waals surface area contributed by atoms with Crippen molar-refractivity contribution in [3.05, 3.63) is 46.7 Å². The van der Waals surface area contributed by atoms with Gasteiger partial charge in [0, 0.05) is 11.1 Å². The molecule has 2 heterocycles. The molecular weight excluding hydrogens is 232 g/mol. The standard InChI is InChI=1S/C12H10N4S/c1-2-6-12-11(5-1)14-15-16(12)9-13-8-10-4-3-7-17-10/h1-8H,9H2/b13-8+.